The van der Waals surface area contributed by atoms with E-state index in [0.29, 0.717) is 24.6 Å². The average molecular weight is 812 g/mol. The molecule has 0 aliphatic carbocycles. The summed E-state index contributed by atoms with van der Waals surface area (Å²) in [6, 6.07) is 30.0. The summed E-state index contributed by atoms with van der Waals surface area (Å²) in [6.07, 6.45) is 8.65. The summed E-state index contributed by atoms with van der Waals surface area (Å²) < 4.78 is 5.71. The van der Waals surface area contributed by atoms with Gasteiger partial charge in [0.15, 0.2) is 11.4 Å². The summed E-state index contributed by atoms with van der Waals surface area (Å²) >= 11 is 3.34. The van der Waals surface area contributed by atoms with E-state index in [1.54, 1.807) is 24.3 Å². The van der Waals surface area contributed by atoms with Crippen LogP contribution in [0.1, 0.15) is 52.8 Å². The SMILES string of the molecule is O=CO[O-].OCCCCCCBr.[C-]#[N+]c1ccc(-c2ccc(O)cc2)cc1.[C-]#[N+]c1ccc(-c2ccc(OCCCCCCO)cc2)cc1.[H-].[K+].[K+]. The number of unbranched alkanes of at least 4 members (excludes halogenated alkanes) is 6. The Bertz CT molecular complexity index is 1500. The molecule has 0 bridgehead atoms. The first-order valence-electron chi connectivity index (χ1n) is 15.9. The number of halogens is 1. The molecule has 0 aromatic heterocycles. The fourth-order valence-corrected chi connectivity index (χ4v) is 4.57. The number of phenolic OH excluding ortho intramolecular Hbond substituents is 1. The maximum atomic E-state index is 9.15. The number of alkyl halides is 1. The molecule has 0 unspecified atom stereocenters. The molecular weight excluding hydrogens is 767 g/mol. The molecule has 0 spiro atoms. The minimum atomic E-state index is -0.181. The summed E-state index contributed by atoms with van der Waals surface area (Å²) in [5.41, 5.74) is 5.59. The summed E-state index contributed by atoms with van der Waals surface area (Å²) in [7, 11) is 0. The Balaban J connectivity index is -0.000000696. The van der Waals surface area contributed by atoms with Gasteiger partial charge in [-0.1, -0.05) is 108 Å². The maximum absolute atomic E-state index is 9.15. The smallest absolute Gasteiger partial charge is 1.00 e. The zero-order valence-corrected chi connectivity index (χ0v) is 37.4. The summed E-state index contributed by atoms with van der Waals surface area (Å²) in [5.74, 6) is 1.14. The molecule has 4 rings (SSSR count). The number of carbonyl (C=O) groups is 1. The van der Waals surface area contributed by atoms with E-state index >= 15 is 0 Å². The van der Waals surface area contributed by atoms with E-state index in [9.17, 15) is 0 Å². The monoisotopic (exact) mass is 810 g/mol. The van der Waals surface area contributed by atoms with Gasteiger partial charge in [0.2, 0.25) is 0 Å². The molecule has 0 amide bonds. The van der Waals surface area contributed by atoms with Crippen molar-refractivity contribution in [1.29, 1.82) is 0 Å². The number of hydrogen-bond acceptors (Lipinski definition) is 7. The van der Waals surface area contributed by atoms with Crippen LogP contribution in [-0.4, -0.2) is 46.9 Å². The quantitative estimate of drug-likeness (QED) is 0.0321. The molecule has 4 aromatic rings. The number of ether oxygens (including phenoxy) is 1. The molecule has 0 aliphatic rings. The number of hydrogen-bond donors (Lipinski definition) is 3. The van der Waals surface area contributed by atoms with Crippen LogP contribution < -0.4 is 113 Å². The van der Waals surface area contributed by atoms with Gasteiger partial charge >= 0.3 is 103 Å². The topological polar surface area (TPSA) is 128 Å². The van der Waals surface area contributed by atoms with Crippen LogP contribution in [0.15, 0.2) is 97.1 Å². The first-order valence-corrected chi connectivity index (χ1v) is 17.1. The Kier molecular flexibility index (Phi) is 36.1. The zero-order valence-electron chi connectivity index (χ0n) is 30.5. The van der Waals surface area contributed by atoms with Gasteiger partial charge in [0.05, 0.1) is 19.8 Å². The molecule has 0 heterocycles. The normalized spacial score (nSPS) is 9.14. The van der Waals surface area contributed by atoms with Gasteiger partial charge in [-0.25, -0.2) is 9.69 Å². The molecular formula is C39H45BrK2N2O7. The van der Waals surface area contributed by atoms with Crippen LogP contribution in [0.25, 0.3) is 31.9 Å². The van der Waals surface area contributed by atoms with Crippen LogP contribution in [0.5, 0.6) is 11.5 Å². The van der Waals surface area contributed by atoms with Crippen molar-refractivity contribution in [3.63, 3.8) is 0 Å². The van der Waals surface area contributed by atoms with Gasteiger partial charge in [0, 0.05) is 18.5 Å². The van der Waals surface area contributed by atoms with E-state index in [1.165, 1.54) is 19.3 Å². The predicted molar refractivity (Wildman–Crippen MR) is 197 cm³/mol. The second-order valence-electron chi connectivity index (χ2n) is 10.4. The number of aliphatic hydroxyl groups is 2. The molecule has 0 saturated carbocycles. The van der Waals surface area contributed by atoms with Crippen molar-refractivity contribution in [2.24, 2.45) is 0 Å². The zero-order chi connectivity index (χ0) is 36.0. The Morgan fingerprint density at radius 1 is 0.627 bits per heavy atom. The molecule has 3 N–H and O–H groups in total. The number of aromatic hydroxyl groups is 1. The van der Waals surface area contributed by atoms with Crippen molar-refractivity contribution in [1.82, 2.24) is 0 Å². The van der Waals surface area contributed by atoms with E-state index in [2.05, 4.69) is 30.5 Å². The number of carbonyl (C=O) groups excluding carboxylic acids is 1. The molecule has 51 heavy (non-hydrogen) atoms. The molecule has 0 aliphatic heterocycles. The summed E-state index contributed by atoms with van der Waals surface area (Å²) in [5, 5.41) is 35.7. The van der Waals surface area contributed by atoms with Gasteiger partial charge in [0.25, 0.3) is 6.47 Å². The molecule has 0 atom stereocenters. The fourth-order valence-electron chi connectivity index (χ4n) is 4.17. The third kappa shape index (κ3) is 25.3. The minimum absolute atomic E-state index is 0. The number of rotatable bonds is 15. The maximum Gasteiger partial charge on any atom is 1.00 e. The van der Waals surface area contributed by atoms with Crippen LogP contribution in [0, 0.1) is 13.1 Å². The third-order valence-corrected chi connectivity index (χ3v) is 7.34. The van der Waals surface area contributed by atoms with E-state index in [0.717, 1.165) is 65.4 Å². The van der Waals surface area contributed by atoms with E-state index in [-0.39, 0.29) is 123 Å². The van der Waals surface area contributed by atoms with E-state index < -0.39 is 0 Å². The Labute approximate surface area is 397 Å². The van der Waals surface area contributed by atoms with Gasteiger partial charge in [-0.2, -0.15) is 0 Å². The largest absolute Gasteiger partial charge is 1.00 e. The fraction of sp³-hybridized carbons (Fsp3) is 0.308. The Hall–Kier alpha value is -1.44. The van der Waals surface area contributed by atoms with Crippen molar-refractivity contribution in [3.05, 3.63) is 120 Å². The van der Waals surface area contributed by atoms with Crippen LogP contribution in [0.3, 0.4) is 0 Å². The van der Waals surface area contributed by atoms with Crippen molar-refractivity contribution >= 4 is 33.8 Å². The van der Waals surface area contributed by atoms with E-state index in [1.807, 2.05) is 72.8 Å². The second-order valence-corrected chi connectivity index (χ2v) is 11.2. The van der Waals surface area contributed by atoms with Crippen LogP contribution in [0.2, 0.25) is 0 Å². The molecule has 0 fully saturated rings. The van der Waals surface area contributed by atoms with Gasteiger partial charge in [-0.05, 0) is 78.6 Å². The van der Waals surface area contributed by atoms with Crippen molar-refractivity contribution in [2.45, 2.75) is 51.4 Å². The summed E-state index contributed by atoms with van der Waals surface area (Å²) in [4.78, 5) is 18.0. The Morgan fingerprint density at radius 2 is 0.980 bits per heavy atom. The first-order chi connectivity index (χ1) is 24.0. The van der Waals surface area contributed by atoms with Crippen LogP contribution >= 0.6 is 15.9 Å². The predicted octanol–water partition coefficient (Wildman–Crippen LogP) is 2.94. The molecule has 262 valence electrons. The standard InChI is InChI=1S/C19H21NO2.C13H9NO.C6H13BrO.CH2O3.2K.H/c1-20-18-10-6-16(7-11-18)17-8-12-19(13-9-17)22-15-5-3-2-4-14-21;1-14-12-6-2-10(3-7-12)11-4-8-13(15)9-5-11;7-5-3-1-2-4-6-8;2-1-4-3;;;/h6-13,21H,2-5,14-15H2;2-9,15H;8H,1-6H2;1,3H;;;/q;;;;2*+1;-1/p-1. The van der Waals surface area contributed by atoms with Crippen molar-refractivity contribution in [2.75, 3.05) is 25.2 Å². The molecule has 4 aromatic carbocycles. The number of nitrogens with zero attached hydrogens (tertiary/aromatic N) is 2. The number of aliphatic hydroxyl groups excluding tert-OH is 2. The minimum Gasteiger partial charge on any atom is -1.00 e. The van der Waals surface area contributed by atoms with Crippen molar-refractivity contribution in [3.8, 4) is 33.8 Å². The molecule has 0 saturated heterocycles. The van der Waals surface area contributed by atoms with Gasteiger partial charge in [-0.3, -0.25) is 4.79 Å². The third-order valence-electron chi connectivity index (χ3n) is 6.78. The van der Waals surface area contributed by atoms with Gasteiger partial charge in [0.1, 0.15) is 11.5 Å². The van der Waals surface area contributed by atoms with Crippen LogP contribution in [-0.2, 0) is 9.68 Å². The van der Waals surface area contributed by atoms with Crippen molar-refractivity contribution < 1.29 is 139 Å². The number of phenols is 1. The van der Waals surface area contributed by atoms with Crippen LogP contribution in [0.4, 0.5) is 11.4 Å². The average Bonchev–Trinajstić information content (AvgIpc) is 3.16. The first kappa shape index (κ1) is 51.7. The van der Waals surface area contributed by atoms with E-state index in [4.69, 9.17) is 43.3 Å². The van der Waals surface area contributed by atoms with Gasteiger partial charge in [-0.15, -0.1) is 0 Å². The molecule has 9 nitrogen and oxygen atoms in total. The van der Waals surface area contributed by atoms with Gasteiger partial charge < -0.3 is 31.6 Å². The second kappa shape index (κ2) is 35.6. The summed E-state index contributed by atoms with van der Waals surface area (Å²) in [6.45, 7) is 15.0. The number of benzene rings is 4. The Morgan fingerprint density at radius 3 is 1.33 bits per heavy atom. The molecule has 0 radical (unpaired) electrons. The molecule has 12 heteroatoms.